The highest BCUT2D eigenvalue weighted by molar-refractivity contribution is 9.11. The lowest BCUT2D eigenvalue weighted by molar-refractivity contribution is 0.0954. The minimum atomic E-state index is -0.370. The molecule has 0 aliphatic rings. The van der Waals surface area contributed by atoms with E-state index in [1.165, 1.54) is 20.4 Å². The molecule has 0 bridgehead atoms. The lowest BCUT2D eigenvalue weighted by Gasteiger charge is -2.09. The molecule has 1 N–H and O–H groups in total. The van der Waals surface area contributed by atoms with Crippen molar-refractivity contribution in [3.05, 3.63) is 50.4 Å². The van der Waals surface area contributed by atoms with Gasteiger partial charge in [0.05, 0.1) is 32.0 Å². The number of hydrazone groups is 1. The van der Waals surface area contributed by atoms with E-state index in [0.717, 1.165) is 8.95 Å². The topological polar surface area (TPSA) is 69.2 Å². The molecule has 2 aromatic rings. The number of carbonyl (C=O) groups is 1. The molecular formula is C17H16Br2N2O4. The first-order chi connectivity index (χ1) is 12.0. The van der Waals surface area contributed by atoms with Gasteiger partial charge in [0.25, 0.3) is 5.91 Å². The highest BCUT2D eigenvalue weighted by atomic mass is 79.9. The molecule has 0 unspecified atom stereocenters. The molecule has 0 aromatic heterocycles. The monoisotopic (exact) mass is 470 g/mol. The van der Waals surface area contributed by atoms with Gasteiger partial charge in [-0.3, -0.25) is 4.79 Å². The predicted octanol–water partition coefficient (Wildman–Crippen LogP) is 4.00. The second-order valence-electron chi connectivity index (χ2n) is 4.78. The van der Waals surface area contributed by atoms with Crippen molar-refractivity contribution in [2.45, 2.75) is 0 Å². The summed E-state index contributed by atoms with van der Waals surface area (Å²) in [6.07, 6.45) is 1.51. The fourth-order valence-corrected chi connectivity index (χ4v) is 3.51. The van der Waals surface area contributed by atoms with Crippen molar-refractivity contribution in [3.8, 4) is 17.2 Å². The molecule has 2 rings (SSSR count). The number of nitrogens with zero attached hydrogens (tertiary/aromatic N) is 1. The largest absolute Gasteiger partial charge is 0.495 e. The highest BCUT2D eigenvalue weighted by Gasteiger charge is 2.11. The number of hydrogen-bond acceptors (Lipinski definition) is 5. The summed E-state index contributed by atoms with van der Waals surface area (Å²) in [6, 6.07) is 8.56. The summed E-state index contributed by atoms with van der Waals surface area (Å²) in [4.78, 5) is 12.2. The van der Waals surface area contributed by atoms with Gasteiger partial charge in [-0.15, -0.1) is 0 Å². The van der Waals surface area contributed by atoms with Crippen LogP contribution in [-0.2, 0) is 0 Å². The van der Waals surface area contributed by atoms with Gasteiger partial charge in [-0.1, -0.05) is 15.9 Å². The molecule has 0 radical (unpaired) electrons. The van der Waals surface area contributed by atoms with Gasteiger partial charge >= 0.3 is 0 Å². The fourth-order valence-electron chi connectivity index (χ4n) is 2.09. The van der Waals surface area contributed by atoms with E-state index in [1.807, 2.05) is 12.1 Å². The van der Waals surface area contributed by atoms with Crippen LogP contribution in [0.3, 0.4) is 0 Å². The number of amides is 1. The van der Waals surface area contributed by atoms with E-state index in [0.29, 0.717) is 28.4 Å². The first-order valence-corrected chi connectivity index (χ1v) is 8.67. The Kier molecular flexibility index (Phi) is 6.83. The maximum absolute atomic E-state index is 12.2. The van der Waals surface area contributed by atoms with E-state index >= 15 is 0 Å². The summed E-state index contributed by atoms with van der Waals surface area (Å²) in [5.74, 6) is 1.26. The minimum Gasteiger partial charge on any atom is -0.495 e. The Labute approximate surface area is 162 Å². The molecule has 0 saturated heterocycles. The maximum atomic E-state index is 12.2. The second-order valence-corrected chi connectivity index (χ2v) is 6.55. The number of halogens is 2. The van der Waals surface area contributed by atoms with Crippen LogP contribution in [0, 0.1) is 0 Å². The summed E-state index contributed by atoms with van der Waals surface area (Å²) in [5.41, 5.74) is 3.58. The molecule has 0 aliphatic carbocycles. The van der Waals surface area contributed by atoms with Crippen molar-refractivity contribution >= 4 is 44.0 Å². The van der Waals surface area contributed by atoms with Crippen LogP contribution >= 0.6 is 31.9 Å². The Bertz CT molecular complexity index is 809. The Morgan fingerprint density at radius 1 is 1.04 bits per heavy atom. The lowest BCUT2D eigenvalue weighted by atomic mass is 10.2. The van der Waals surface area contributed by atoms with E-state index in [-0.39, 0.29) is 5.91 Å². The Morgan fingerprint density at radius 3 is 2.40 bits per heavy atom. The first kappa shape index (κ1) is 19.3. The second kappa shape index (κ2) is 8.87. The molecule has 1 amide bonds. The molecule has 6 nitrogen and oxygen atoms in total. The molecular weight excluding hydrogens is 456 g/mol. The number of hydrogen-bond donors (Lipinski definition) is 1. The molecule has 132 valence electrons. The van der Waals surface area contributed by atoms with Crippen molar-refractivity contribution in [1.29, 1.82) is 0 Å². The number of rotatable bonds is 6. The van der Waals surface area contributed by atoms with E-state index in [2.05, 4.69) is 42.4 Å². The average molecular weight is 472 g/mol. The van der Waals surface area contributed by atoms with Crippen molar-refractivity contribution < 1.29 is 19.0 Å². The normalized spacial score (nSPS) is 10.6. The van der Waals surface area contributed by atoms with Crippen molar-refractivity contribution in [2.24, 2.45) is 5.10 Å². The number of nitrogens with one attached hydrogen (secondary N) is 1. The van der Waals surface area contributed by atoms with Crippen LogP contribution in [0.5, 0.6) is 17.2 Å². The minimum absolute atomic E-state index is 0.370. The molecule has 2 aromatic carbocycles. The van der Waals surface area contributed by atoms with Crippen LogP contribution in [-0.4, -0.2) is 33.5 Å². The highest BCUT2D eigenvalue weighted by Crippen LogP contribution is 2.31. The molecule has 0 atom stereocenters. The predicted molar refractivity (Wildman–Crippen MR) is 103 cm³/mol. The molecule has 0 spiro atoms. The van der Waals surface area contributed by atoms with E-state index in [4.69, 9.17) is 14.2 Å². The number of methoxy groups -OCH3 is 3. The Balaban J connectivity index is 2.16. The zero-order valence-electron chi connectivity index (χ0n) is 13.8. The SMILES string of the molecule is COc1ccc(C(=O)N/N=C/c2cc(Br)cc(Br)c2OC)cc1OC. The Hall–Kier alpha value is -2.06. The zero-order valence-corrected chi connectivity index (χ0v) is 17.0. The summed E-state index contributed by atoms with van der Waals surface area (Å²) in [5, 5.41) is 3.99. The van der Waals surface area contributed by atoms with E-state index in [9.17, 15) is 4.79 Å². The third-order valence-electron chi connectivity index (χ3n) is 3.26. The average Bonchev–Trinajstić information content (AvgIpc) is 2.60. The van der Waals surface area contributed by atoms with Crippen LogP contribution in [0.2, 0.25) is 0 Å². The Morgan fingerprint density at radius 2 is 1.76 bits per heavy atom. The smallest absolute Gasteiger partial charge is 0.271 e. The van der Waals surface area contributed by atoms with E-state index in [1.54, 1.807) is 25.3 Å². The third kappa shape index (κ3) is 4.73. The van der Waals surface area contributed by atoms with Gasteiger partial charge in [-0.25, -0.2) is 5.43 Å². The summed E-state index contributed by atoms with van der Waals surface area (Å²) in [6.45, 7) is 0. The van der Waals surface area contributed by atoms with E-state index < -0.39 is 0 Å². The van der Waals surface area contributed by atoms with Crippen LogP contribution in [0.25, 0.3) is 0 Å². The summed E-state index contributed by atoms with van der Waals surface area (Å²) >= 11 is 6.82. The summed E-state index contributed by atoms with van der Waals surface area (Å²) < 4.78 is 17.3. The number of ether oxygens (including phenoxy) is 3. The standard InChI is InChI=1S/C17H16Br2N2O4/c1-23-14-5-4-10(7-15(14)24-2)17(22)21-20-9-11-6-12(18)8-13(19)16(11)25-3/h4-9H,1-3H3,(H,21,22)/b20-9+. The zero-order chi connectivity index (χ0) is 18.4. The number of carbonyl (C=O) groups excluding carboxylic acids is 1. The van der Waals surface area contributed by atoms with Gasteiger partial charge in [0.15, 0.2) is 11.5 Å². The molecule has 0 heterocycles. The summed E-state index contributed by atoms with van der Waals surface area (Å²) in [7, 11) is 4.61. The van der Waals surface area contributed by atoms with Gasteiger partial charge in [0.1, 0.15) is 5.75 Å². The molecule has 8 heteroatoms. The molecule has 0 saturated carbocycles. The van der Waals surface area contributed by atoms with Crippen LogP contribution in [0.15, 0.2) is 44.4 Å². The first-order valence-electron chi connectivity index (χ1n) is 7.08. The van der Waals surface area contributed by atoms with Crippen LogP contribution in [0.1, 0.15) is 15.9 Å². The van der Waals surface area contributed by atoms with Crippen molar-refractivity contribution in [2.75, 3.05) is 21.3 Å². The van der Waals surface area contributed by atoms with Crippen LogP contribution < -0.4 is 19.6 Å². The van der Waals surface area contributed by atoms with Crippen LogP contribution in [0.4, 0.5) is 0 Å². The quantitative estimate of drug-likeness (QED) is 0.510. The third-order valence-corrected chi connectivity index (χ3v) is 4.30. The van der Waals surface area contributed by atoms with Crippen molar-refractivity contribution in [3.63, 3.8) is 0 Å². The van der Waals surface area contributed by atoms with Gasteiger partial charge in [-0.2, -0.15) is 5.10 Å². The van der Waals surface area contributed by atoms with Gasteiger partial charge in [0.2, 0.25) is 0 Å². The maximum Gasteiger partial charge on any atom is 0.271 e. The van der Waals surface area contributed by atoms with Gasteiger partial charge in [-0.05, 0) is 46.3 Å². The molecule has 25 heavy (non-hydrogen) atoms. The fraction of sp³-hybridized carbons (Fsp3) is 0.176. The molecule has 0 fully saturated rings. The number of benzene rings is 2. The van der Waals surface area contributed by atoms with Crippen molar-refractivity contribution in [1.82, 2.24) is 5.43 Å². The van der Waals surface area contributed by atoms with Gasteiger partial charge in [0, 0.05) is 15.6 Å². The molecule has 0 aliphatic heterocycles. The van der Waals surface area contributed by atoms with Gasteiger partial charge < -0.3 is 14.2 Å². The lowest BCUT2D eigenvalue weighted by Crippen LogP contribution is -2.17.